The van der Waals surface area contributed by atoms with Crippen LogP contribution in [0, 0.1) is 6.92 Å². The lowest BCUT2D eigenvalue weighted by Gasteiger charge is -2.13. The van der Waals surface area contributed by atoms with Crippen LogP contribution in [0.1, 0.15) is 5.56 Å². The zero-order valence-electron chi connectivity index (χ0n) is 14.9. The van der Waals surface area contributed by atoms with Gasteiger partial charge < -0.3 is 10.1 Å². The summed E-state index contributed by atoms with van der Waals surface area (Å²) in [5.41, 5.74) is 3.56. The zero-order valence-corrected chi connectivity index (χ0v) is 15.7. The number of pyridine rings is 1. The maximum atomic E-state index is 6.15. The van der Waals surface area contributed by atoms with E-state index in [0.29, 0.717) is 11.6 Å². The number of anilines is 2. The first-order valence-corrected chi connectivity index (χ1v) is 8.81. The van der Waals surface area contributed by atoms with Gasteiger partial charge in [-0.15, -0.1) is 0 Å². The highest BCUT2D eigenvalue weighted by Crippen LogP contribution is 2.30. The van der Waals surface area contributed by atoms with Crippen molar-refractivity contribution in [2.24, 2.45) is 0 Å². The molecule has 0 aliphatic heterocycles. The number of aryl methyl sites for hydroxylation is 1. The van der Waals surface area contributed by atoms with Crippen LogP contribution in [0.25, 0.3) is 22.3 Å². The summed E-state index contributed by atoms with van der Waals surface area (Å²) in [7, 11) is 1.64. The van der Waals surface area contributed by atoms with Gasteiger partial charge in [0.05, 0.1) is 12.6 Å². The van der Waals surface area contributed by atoms with Crippen LogP contribution in [0.15, 0.2) is 60.9 Å². The smallest absolute Gasteiger partial charge is 0.163 e. The van der Waals surface area contributed by atoms with Crippen LogP contribution in [-0.2, 0) is 0 Å². The van der Waals surface area contributed by atoms with E-state index in [1.807, 2.05) is 55.5 Å². The Morgan fingerprint density at radius 1 is 1.04 bits per heavy atom. The Bertz CT molecular complexity index is 1120. The van der Waals surface area contributed by atoms with Crippen molar-refractivity contribution in [1.82, 2.24) is 15.0 Å². The van der Waals surface area contributed by atoms with Crippen molar-refractivity contribution in [3.8, 4) is 17.1 Å². The van der Waals surface area contributed by atoms with Gasteiger partial charge in [-0.3, -0.25) is 4.98 Å². The molecule has 1 N–H and O–H groups in total. The first-order valence-electron chi connectivity index (χ1n) is 8.43. The Morgan fingerprint density at radius 2 is 1.93 bits per heavy atom. The fourth-order valence-electron chi connectivity index (χ4n) is 2.81. The third-order valence-electron chi connectivity index (χ3n) is 4.24. The molecule has 0 amide bonds. The van der Waals surface area contributed by atoms with Crippen molar-refractivity contribution in [2.75, 3.05) is 12.4 Å². The normalized spacial score (nSPS) is 10.8. The van der Waals surface area contributed by atoms with E-state index in [1.54, 1.807) is 19.5 Å². The van der Waals surface area contributed by atoms with E-state index >= 15 is 0 Å². The molecule has 0 bridgehead atoms. The van der Waals surface area contributed by atoms with Crippen LogP contribution < -0.4 is 10.1 Å². The predicted molar refractivity (Wildman–Crippen MR) is 109 cm³/mol. The van der Waals surface area contributed by atoms with E-state index in [9.17, 15) is 0 Å². The van der Waals surface area contributed by atoms with Crippen LogP contribution in [0.2, 0.25) is 5.02 Å². The minimum Gasteiger partial charge on any atom is -0.497 e. The van der Waals surface area contributed by atoms with Gasteiger partial charge >= 0.3 is 0 Å². The van der Waals surface area contributed by atoms with Crippen molar-refractivity contribution in [3.05, 3.63) is 71.5 Å². The summed E-state index contributed by atoms with van der Waals surface area (Å²) in [6.07, 6.45) is 3.48. The van der Waals surface area contributed by atoms with E-state index in [-0.39, 0.29) is 0 Å². The van der Waals surface area contributed by atoms with Crippen LogP contribution >= 0.6 is 11.6 Å². The SMILES string of the molecule is COc1ccc2nc(-c3cccnc3)nc(Nc3ccc(Cl)c(C)c3)c2c1. The highest BCUT2D eigenvalue weighted by atomic mass is 35.5. The van der Waals surface area contributed by atoms with E-state index in [4.69, 9.17) is 21.3 Å². The van der Waals surface area contributed by atoms with Crippen molar-refractivity contribution in [2.45, 2.75) is 6.92 Å². The molecule has 2 aromatic carbocycles. The third-order valence-corrected chi connectivity index (χ3v) is 4.67. The lowest BCUT2D eigenvalue weighted by molar-refractivity contribution is 0.415. The molecule has 134 valence electrons. The number of methoxy groups -OCH3 is 1. The van der Waals surface area contributed by atoms with E-state index in [2.05, 4.69) is 15.3 Å². The van der Waals surface area contributed by atoms with Crippen molar-refractivity contribution < 1.29 is 4.74 Å². The Balaban J connectivity index is 1.88. The first kappa shape index (κ1) is 17.2. The van der Waals surface area contributed by atoms with Gasteiger partial charge in [-0.05, 0) is 61.0 Å². The zero-order chi connectivity index (χ0) is 18.8. The molecule has 0 atom stereocenters. The second kappa shape index (κ2) is 7.21. The molecule has 0 aliphatic rings. The molecule has 0 radical (unpaired) electrons. The lowest BCUT2D eigenvalue weighted by atomic mass is 10.2. The second-order valence-corrected chi connectivity index (χ2v) is 6.52. The van der Waals surface area contributed by atoms with Crippen molar-refractivity contribution >= 4 is 34.0 Å². The highest BCUT2D eigenvalue weighted by Gasteiger charge is 2.11. The summed E-state index contributed by atoms with van der Waals surface area (Å²) >= 11 is 6.15. The molecule has 0 saturated carbocycles. The molecular weight excluding hydrogens is 360 g/mol. The van der Waals surface area contributed by atoms with Crippen molar-refractivity contribution in [3.63, 3.8) is 0 Å². The Labute approximate surface area is 162 Å². The molecule has 4 rings (SSSR count). The molecular formula is C21H17ClN4O. The largest absolute Gasteiger partial charge is 0.497 e. The van der Waals surface area contributed by atoms with Crippen LogP contribution in [0.4, 0.5) is 11.5 Å². The summed E-state index contributed by atoms with van der Waals surface area (Å²) in [5, 5.41) is 4.99. The average molecular weight is 377 g/mol. The standard InChI is InChI=1S/C21H17ClN4O/c1-13-10-15(5-7-18(13)22)24-21-17-11-16(27-2)6-8-19(17)25-20(26-21)14-4-3-9-23-12-14/h3-12H,1-2H3,(H,24,25,26). The molecule has 0 fully saturated rings. The number of halogens is 1. The summed E-state index contributed by atoms with van der Waals surface area (Å²) in [6, 6.07) is 15.3. The van der Waals surface area contributed by atoms with Gasteiger partial charge in [0.25, 0.3) is 0 Å². The maximum absolute atomic E-state index is 6.15. The van der Waals surface area contributed by atoms with Gasteiger partial charge in [0.2, 0.25) is 0 Å². The summed E-state index contributed by atoms with van der Waals surface area (Å²) in [5.74, 6) is 2.05. The number of benzene rings is 2. The second-order valence-electron chi connectivity index (χ2n) is 6.11. The van der Waals surface area contributed by atoms with E-state index in [1.165, 1.54) is 0 Å². The number of nitrogens with zero attached hydrogens (tertiary/aromatic N) is 3. The number of hydrogen-bond acceptors (Lipinski definition) is 5. The number of nitrogens with one attached hydrogen (secondary N) is 1. The first-order chi connectivity index (χ1) is 13.1. The van der Waals surface area contributed by atoms with Crippen molar-refractivity contribution in [1.29, 1.82) is 0 Å². The molecule has 2 heterocycles. The monoisotopic (exact) mass is 376 g/mol. The minimum absolute atomic E-state index is 0.606. The Hall–Kier alpha value is -3.18. The van der Waals surface area contributed by atoms with E-state index in [0.717, 1.165) is 38.5 Å². The molecule has 6 heteroatoms. The van der Waals surface area contributed by atoms with Gasteiger partial charge in [-0.1, -0.05) is 11.6 Å². The third kappa shape index (κ3) is 3.55. The van der Waals surface area contributed by atoms with Gasteiger partial charge in [0.1, 0.15) is 11.6 Å². The summed E-state index contributed by atoms with van der Waals surface area (Å²) < 4.78 is 5.37. The number of rotatable bonds is 4. The molecule has 0 aliphatic carbocycles. The maximum Gasteiger partial charge on any atom is 0.163 e. The van der Waals surface area contributed by atoms with Gasteiger partial charge in [0, 0.05) is 34.1 Å². The molecule has 27 heavy (non-hydrogen) atoms. The number of aromatic nitrogens is 3. The number of hydrogen-bond donors (Lipinski definition) is 1. The molecule has 0 saturated heterocycles. The Morgan fingerprint density at radius 3 is 2.67 bits per heavy atom. The number of ether oxygens (including phenoxy) is 1. The fraction of sp³-hybridized carbons (Fsp3) is 0.0952. The lowest BCUT2D eigenvalue weighted by Crippen LogP contribution is -2.00. The topological polar surface area (TPSA) is 59.9 Å². The van der Waals surface area contributed by atoms with Crippen LogP contribution in [0.3, 0.4) is 0 Å². The minimum atomic E-state index is 0.606. The predicted octanol–water partition coefficient (Wildman–Crippen LogP) is 5.41. The van der Waals surface area contributed by atoms with Crippen LogP contribution in [0.5, 0.6) is 5.75 Å². The number of fused-ring (bicyclic) bond motifs is 1. The highest BCUT2D eigenvalue weighted by molar-refractivity contribution is 6.31. The van der Waals surface area contributed by atoms with Crippen LogP contribution in [-0.4, -0.2) is 22.1 Å². The Kier molecular flexibility index (Phi) is 4.60. The van der Waals surface area contributed by atoms with E-state index < -0.39 is 0 Å². The molecule has 4 aromatic rings. The quantitative estimate of drug-likeness (QED) is 0.516. The molecule has 0 spiro atoms. The molecule has 0 unspecified atom stereocenters. The van der Waals surface area contributed by atoms with Gasteiger partial charge in [-0.2, -0.15) is 0 Å². The summed E-state index contributed by atoms with van der Waals surface area (Å²) in [6.45, 7) is 1.97. The average Bonchev–Trinajstić information content (AvgIpc) is 2.71. The summed E-state index contributed by atoms with van der Waals surface area (Å²) in [4.78, 5) is 13.6. The molecule has 5 nitrogen and oxygen atoms in total. The molecule has 2 aromatic heterocycles. The van der Waals surface area contributed by atoms with Gasteiger partial charge in [0.15, 0.2) is 5.82 Å². The van der Waals surface area contributed by atoms with Gasteiger partial charge in [-0.25, -0.2) is 9.97 Å². The fourth-order valence-corrected chi connectivity index (χ4v) is 2.93.